The van der Waals surface area contributed by atoms with E-state index in [0.29, 0.717) is 6.61 Å². The number of aromatic nitrogens is 2. The second kappa shape index (κ2) is 7.72. The van der Waals surface area contributed by atoms with Crippen LogP contribution in [0.15, 0.2) is 12.3 Å². The molecule has 1 aromatic heterocycles. The van der Waals surface area contributed by atoms with E-state index in [0.717, 1.165) is 0 Å². The van der Waals surface area contributed by atoms with Crippen LogP contribution in [0.25, 0.3) is 6.20 Å². The standard InChI is InChI=1S/C18H28N2O5/c1-12(2)11-24-14-13(15(21)22)10-19-20(14)9-8-18(6,7)16(23)25-17(3,4)5/h8-10,12H,11H2,1-7H3,(H,21,22)/b9-8+. The van der Waals surface area contributed by atoms with Crippen molar-refractivity contribution in [3.8, 4) is 5.88 Å². The molecule has 1 N–H and O–H groups in total. The lowest BCUT2D eigenvalue weighted by Crippen LogP contribution is -2.32. The lowest BCUT2D eigenvalue weighted by atomic mass is 9.93. The van der Waals surface area contributed by atoms with Crippen LogP contribution in [-0.4, -0.2) is 39.0 Å². The predicted octanol–water partition coefficient (Wildman–Crippen LogP) is 3.45. The van der Waals surface area contributed by atoms with Crippen molar-refractivity contribution in [2.75, 3.05) is 6.61 Å². The minimum absolute atomic E-state index is 0.0274. The van der Waals surface area contributed by atoms with Gasteiger partial charge in [-0.2, -0.15) is 5.10 Å². The van der Waals surface area contributed by atoms with Crippen LogP contribution in [0.4, 0.5) is 0 Å². The number of esters is 1. The fourth-order valence-corrected chi connectivity index (χ4v) is 1.73. The van der Waals surface area contributed by atoms with Gasteiger partial charge in [0, 0.05) is 6.20 Å². The van der Waals surface area contributed by atoms with Crippen molar-refractivity contribution in [3.63, 3.8) is 0 Å². The second-order valence-electron chi connectivity index (χ2n) is 7.86. The van der Waals surface area contributed by atoms with E-state index in [4.69, 9.17) is 9.47 Å². The molecule has 0 unspecified atom stereocenters. The minimum Gasteiger partial charge on any atom is -0.477 e. The summed E-state index contributed by atoms with van der Waals surface area (Å²) in [7, 11) is 0. The molecule has 7 nitrogen and oxygen atoms in total. The van der Waals surface area contributed by atoms with Gasteiger partial charge in [0.15, 0.2) is 0 Å². The SMILES string of the molecule is CC(C)COc1c(C(=O)O)cnn1/C=C/C(C)(C)C(=O)OC(C)(C)C. The van der Waals surface area contributed by atoms with E-state index in [1.165, 1.54) is 17.1 Å². The van der Waals surface area contributed by atoms with Gasteiger partial charge in [-0.05, 0) is 46.6 Å². The fourth-order valence-electron chi connectivity index (χ4n) is 1.73. The van der Waals surface area contributed by atoms with E-state index in [1.807, 2.05) is 13.8 Å². The van der Waals surface area contributed by atoms with Gasteiger partial charge in [-0.25, -0.2) is 9.48 Å². The molecule has 1 rings (SSSR count). The molecule has 0 aromatic carbocycles. The molecule has 0 saturated heterocycles. The van der Waals surface area contributed by atoms with Gasteiger partial charge in [-0.15, -0.1) is 0 Å². The molecule has 0 radical (unpaired) electrons. The molecule has 0 aliphatic rings. The third kappa shape index (κ3) is 6.25. The van der Waals surface area contributed by atoms with Crippen molar-refractivity contribution in [1.82, 2.24) is 9.78 Å². The van der Waals surface area contributed by atoms with Crippen LogP contribution in [0, 0.1) is 11.3 Å². The maximum Gasteiger partial charge on any atom is 0.342 e. The Bertz CT molecular complexity index is 651. The average Bonchev–Trinajstić information content (AvgIpc) is 2.84. The molecule has 0 aliphatic heterocycles. The first kappa shape index (κ1) is 20.7. The number of rotatable bonds is 7. The molecule has 0 bridgehead atoms. The number of carboxylic acid groups (broad SMARTS) is 1. The maximum absolute atomic E-state index is 12.3. The van der Waals surface area contributed by atoms with Crippen LogP contribution < -0.4 is 4.74 Å². The number of carboxylic acids is 1. The Kier molecular flexibility index (Phi) is 6.40. The molecule has 25 heavy (non-hydrogen) atoms. The summed E-state index contributed by atoms with van der Waals surface area (Å²) in [5.41, 5.74) is -1.52. The van der Waals surface area contributed by atoms with Crippen molar-refractivity contribution in [1.29, 1.82) is 0 Å². The Hall–Kier alpha value is -2.31. The van der Waals surface area contributed by atoms with Gasteiger partial charge < -0.3 is 14.6 Å². The van der Waals surface area contributed by atoms with Crippen LogP contribution in [-0.2, 0) is 9.53 Å². The molecule has 1 heterocycles. The first-order chi connectivity index (χ1) is 11.3. The van der Waals surface area contributed by atoms with Gasteiger partial charge in [0.2, 0.25) is 5.88 Å². The Balaban J connectivity index is 3.06. The summed E-state index contributed by atoms with van der Waals surface area (Å²) in [4.78, 5) is 23.6. The molecule has 0 fully saturated rings. The summed E-state index contributed by atoms with van der Waals surface area (Å²) in [6, 6.07) is 0. The van der Waals surface area contributed by atoms with Gasteiger partial charge in [-0.3, -0.25) is 4.79 Å². The number of carbonyl (C=O) groups is 2. The third-order valence-electron chi connectivity index (χ3n) is 3.09. The van der Waals surface area contributed by atoms with Crippen LogP contribution in [0.1, 0.15) is 58.8 Å². The lowest BCUT2D eigenvalue weighted by molar-refractivity contribution is -0.162. The van der Waals surface area contributed by atoms with Gasteiger partial charge in [0.25, 0.3) is 0 Å². The highest BCUT2D eigenvalue weighted by atomic mass is 16.6. The molecule has 7 heteroatoms. The number of carbonyl (C=O) groups excluding carboxylic acids is 1. The van der Waals surface area contributed by atoms with Crippen molar-refractivity contribution in [3.05, 3.63) is 17.8 Å². The van der Waals surface area contributed by atoms with E-state index in [-0.39, 0.29) is 23.3 Å². The van der Waals surface area contributed by atoms with Crippen LogP contribution in [0.3, 0.4) is 0 Å². The largest absolute Gasteiger partial charge is 0.477 e. The summed E-state index contributed by atoms with van der Waals surface area (Å²) in [6.07, 6.45) is 4.36. The summed E-state index contributed by atoms with van der Waals surface area (Å²) in [6.45, 7) is 13.1. The minimum atomic E-state index is -1.12. The maximum atomic E-state index is 12.3. The highest BCUT2D eigenvalue weighted by molar-refractivity contribution is 5.90. The summed E-state index contributed by atoms with van der Waals surface area (Å²) < 4.78 is 12.3. The molecule has 0 aliphatic carbocycles. The van der Waals surface area contributed by atoms with Crippen molar-refractivity contribution in [2.24, 2.45) is 11.3 Å². The number of nitrogens with zero attached hydrogens (tertiary/aromatic N) is 2. The molecular weight excluding hydrogens is 324 g/mol. The summed E-state index contributed by atoms with van der Waals surface area (Å²) in [5, 5.41) is 13.3. The van der Waals surface area contributed by atoms with Gasteiger partial charge >= 0.3 is 11.9 Å². The first-order valence-corrected chi connectivity index (χ1v) is 8.20. The number of hydrogen-bond acceptors (Lipinski definition) is 5. The van der Waals surface area contributed by atoms with Crippen LogP contribution in [0.5, 0.6) is 5.88 Å². The van der Waals surface area contributed by atoms with Crippen LogP contribution >= 0.6 is 0 Å². The Labute approximate surface area is 148 Å². The molecule has 0 spiro atoms. The smallest absolute Gasteiger partial charge is 0.342 e. The Morgan fingerprint density at radius 2 is 1.88 bits per heavy atom. The molecule has 0 amide bonds. The molecule has 1 aromatic rings. The second-order valence-corrected chi connectivity index (χ2v) is 7.86. The first-order valence-electron chi connectivity index (χ1n) is 8.20. The highest BCUT2D eigenvalue weighted by Crippen LogP contribution is 2.25. The zero-order valence-corrected chi connectivity index (χ0v) is 16.0. The fraction of sp³-hybridized carbons (Fsp3) is 0.611. The lowest BCUT2D eigenvalue weighted by Gasteiger charge is -2.26. The van der Waals surface area contributed by atoms with E-state index in [1.54, 1.807) is 40.7 Å². The highest BCUT2D eigenvalue weighted by Gasteiger charge is 2.30. The van der Waals surface area contributed by atoms with E-state index >= 15 is 0 Å². The van der Waals surface area contributed by atoms with Gasteiger partial charge in [0.05, 0.1) is 18.2 Å². The van der Waals surface area contributed by atoms with Crippen molar-refractivity contribution < 1.29 is 24.2 Å². The third-order valence-corrected chi connectivity index (χ3v) is 3.09. The Morgan fingerprint density at radius 1 is 1.28 bits per heavy atom. The number of aromatic carboxylic acids is 1. The normalized spacial score (nSPS) is 12.6. The number of ether oxygens (including phenoxy) is 2. The number of hydrogen-bond donors (Lipinski definition) is 1. The molecule has 0 saturated carbocycles. The quantitative estimate of drug-likeness (QED) is 0.756. The van der Waals surface area contributed by atoms with Gasteiger partial charge in [0.1, 0.15) is 11.2 Å². The van der Waals surface area contributed by atoms with E-state index in [9.17, 15) is 14.7 Å². The zero-order chi connectivity index (χ0) is 19.4. The Morgan fingerprint density at radius 3 is 2.36 bits per heavy atom. The molecule has 140 valence electrons. The van der Waals surface area contributed by atoms with Gasteiger partial charge in [-0.1, -0.05) is 13.8 Å². The molecule has 0 atom stereocenters. The monoisotopic (exact) mass is 352 g/mol. The average molecular weight is 352 g/mol. The van der Waals surface area contributed by atoms with Crippen molar-refractivity contribution in [2.45, 2.75) is 54.1 Å². The summed E-state index contributed by atoms with van der Waals surface area (Å²) in [5.74, 6) is -1.14. The van der Waals surface area contributed by atoms with Crippen molar-refractivity contribution >= 4 is 18.1 Å². The topological polar surface area (TPSA) is 90.6 Å². The van der Waals surface area contributed by atoms with E-state index < -0.39 is 17.0 Å². The molecular formula is C18H28N2O5. The van der Waals surface area contributed by atoms with E-state index in [2.05, 4.69) is 5.10 Å². The zero-order valence-electron chi connectivity index (χ0n) is 16.0. The predicted molar refractivity (Wildman–Crippen MR) is 94.5 cm³/mol. The summed E-state index contributed by atoms with van der Waals surface area (Å²) >= 11 is 0. The van der Waals surface area contributed by atoms with Crippen LogP contribution in [0.2, 0.25) is 0 Å².